The molecular weight excluding hydrogens is 282 g/mol. The third kappa shape index (κ3) is 2.97. The van der Waals surface area contributed by atoms with Gasteiger partial charge in [0.15, 0.2) is 0 Å². The quantitative estimate of drug-likeness (QED) is 0.779. The molecule has 0 aliphatic rings. The van der Waals surface area contributed by atoms with Crippen LogP contribution >= 0.6 is 11.3 Å². The number of aromatic nitrogens is 2. The maximum Gasteiger partial charge on any atom is 0.232 e. The molecule has 2 N–H and O–H groups in total. The van der Waals surface area contributed by atoms with Crippen molar-refractivity contribution in [3.05, 3.63) is 40.8 Å². The van der Waals surface area contributed by atoms with E-state index in [1.54, 1.807) is 11.3 Å². The van der Waals surface area contributed by atoms with Gasteiger partial charge in [0.1, 0.15) is 10.6 Å². The molecule has 1 aromatic carbocycles. The van der Waals surface area contributed by atoms with Crippen LogP contribution in [0.25, 0.3) is 10.2 Å². The highest BCUT2D eigenvalue weighted by Crippen LogP contribution is 2.33. The van der Waals surface area contributed by atoms with Crippen molar-refractivity contribution in [1.29, 1.82) is 0 Å². The van der Waals surface area contributed by atoms with Gasteiger partial charge in [-0.25, -0.2) is 4.98 Å². The number of thiophene rings is 1. The Labute approximate surface area is 127 Å². The number of ether oxygens (including phenoxy) is 1. The maximum absolute atomic E-state index is 5.89. The molecule has 0 aliphatic carbocycles. The Bertz CT molecular complexity index is 765. The standard InChI is InChI=1S/C16H17N3OS/c1-3-4-11-5-7-12(8-6-11)20-14-13-9-10(2)21-15(13)19-16(17)18-14/h5-9H,3-4H2,1-2H3,(H2,17,18,19). The van der Waals surface area contributed by atoms with E-state index in [1.165, 1.54) is 5.56 Å². The van der Waals surface area contributed by atoms with Crippen molar-refractivity contribution < 1.29 is 4.74 Å². The maximum atomic E-state index is 5.89. The SMILES string of the molecule is CCCc1ccc(Oc2nc(N)nc3sc(C)cc23)cc1. The first-order valence-electron chi connectivity index (χ1n) is 6.96. The van der Waals surface area contributed by atoms with Gasteiger partial charge >= 0.3 is 0 Å². The van der Waals surface area contributed by atoms with E-state index >= 15 is 0 Å². The smallest absolute Gasteiger partial charge is 0.232 e. The van der Waals surface area contributed by atoms with E-state index in [1.807, 2.05) is 25.1 Å². The van der Waals surface area contributed by atoms with E-state index in [9.17, 15) is 0 Å². The van der Waals surface area contributed by atoms with E-state index in [2.05, 4.69) is 29.0 Å². The molecule has 3 aromatic rings. The first-order valence-corrected chi connectivity index (χ1v) is 7.78. The predicted molar refractivity (Wildman–Crippen MR) is 87.1 cm³/mol. The Kier molecular flexibility index (Phi) is 3.75. The molecule has 2 heterocycles. The van der Waals surface area contributed by atoms with Gasteiger partial charge in [-0.2, -0.15) is 4.98 Å². The molecule has 0 unspecified atom stereocenters. The van der Waals surface area contributed by atoms with Crippen LogP contribution in [0.2, 0.25) is 0 Å². The van der Waals surface area contributed by atoms with Crippen LogP contribution in [0.1, 0.15) is 23.8 Å². The van der Waals surface area contributed by atoms with Gasteiger partial charge in [-0.05, 0) is 37.1 Å². The number of nitrogens with two attached hydrogens (primary N) is 1. The molecule has 0 spiro atoms. The van der Waals surface area contributed by atoms with E-state index in [0.717, 1.165) is 33.7 Å². The molecule has 21 heavy (non-hydrogen) atoms. The number of aryl methyl sites for hydroxylation is 2. The first kappa shape index (κ1) is 13.8. The van der Waals surface area contributed by atoms with Gasteiger partial charge in [0.05, 0.1) is 5.39 Å². The van der Waals surface area contributed by atoms with Gasteiger partial charge < -0.3 is 10.5 Å². The predicted octanol–water partition coefficient (Wildman–Crippen LogP) is 4.33. The summed E-state index contributed by atoms with van der Waals surface area (Å²) in [4.78, 5) is 10.5. The summed E-state index contributed by atoms with van der Waals surface area (Å²) >= 11 is 1.59. The van der Waals surface area contributed by atoms with Crippen molar-refractivity contribution in [2.24, 2.45) is 0 Å². The zero-order chi connectivity index (χ0) is 14.8. The topological polar surface area (TPSA) is 61.0 Å². The van der Waals surface area contributed by atoms with Gasteiger partial charge in [-0.1, -0.05) is 25.5 Å². The van der Waals surface area contributed by atoms with Crippen molar-refractivity contribution >= 4 is 27.5 Å². The number of nitrogen functional groups attached to an aromatic ring is 1. The van der Waals surface area contributed by atoms with Crippen molar-refractivity contribution in [3.63, 3.8) is 0 Å². The van der Waals surface area contributed by atoms with Crippen LogP contribution in [0, 0.1) is 6.92 Å². The number of nitrogens with zero attached hydrogens (tertiary/aromatic N) is 2. The minimum atomic E-state index is 0.238. The second-order valence-electron chi connectivity index (χ2n) is 4.96. The fourth-order valence-electron chi connectivity index (χ4n) is 2.23. The molecule has 0 amide bonds. The Morgan fingerprint density at radius 3 is 2.67 bits per heavy atom. The third-order valence-electron chi connectivity index (χ3n) is 3.17. The fourth-order valence-corrected chi connectivity index (χ4v) is 3.11. The van der Waals surface area contributed by atoms with Crippen LogP contribution in [0.15, 0.2) is 30.3 Å². The highest BCUT2D eigenvalue weighted by molar-refractivity contribution is 7.18. The summed E-state index contributed by atoms with van der Waals surface area (Å²) < 4.78 is 5.89. The summed E-state index contributed by atoms with van der Waals surface area (Å²) in [5.74, 6) is 1.52. The van der Waals surface area contributed by atoms with Crippen molar-refractivity contribution in [2.45, 2.75) is 26.7 Å². The molecule has 3 rings (SSSR count). The van der Waals surface area contributed by atoms with E-state index < -0.39 is 0 Å². The lowest BCUT2D eigenvalue weighted by molar-refractivity contribution is 0.469. The summed E-state index contributed by atoms with van der Waals surface area (Å²) in [7, 11) is 0. The lowest BCUT2D eigenvalue weighted by Crippen LogP contribution is -1.97. The normalized spacial score (nSPS) is 11.0. The molecule has 0 saturated heterocycles. The lowest BCUT2D eigenvalue weighted by atomic mass is 10.1. The second-order valence-corrected chi connectivity index (χ2v) is 6.19. The van der Waals surface area contributed by atoms with Crippen molar-refractivity contribution in [3.8, 4) is 11.6 Å². The average molecular weight is 299 g/mol. The largest absolute Gasteiger partial charge is 0.438 e. The molecule has 4 nitrogen and oxygen atoms in total. The minimum Gasteiger partial charge on any atom is -0.438 e. The molecule has 108 valence electrons. The molecule has 0 saturated carbocycles. The molecule has 2 aromatic heterocycles. The second kappa shape index (κ2) is 5.69. The van der Waals surface area contributed by atoms with Crippen LogP contribution in [-0.2, 0) is 6.42 Å². The summed E-state index contributed by atoms with van der Waals surface area (Å²) in [6, 6.07) is 10.1. The van der Waals surface area contributed by atoms with Gasteiger partial charge in [0, 0.05) is 4.88 Å². The highest BCUT2D eigenvalue weighted by Gasteiger charge is 2.11. The highest BCUT2D eigenvalue weighted by atomic mass is 32.1. The summed E-state index contributed by atoms with van der Waals surface area (Å²) in [5.41, 5.74) is 7.06. The molecule has 0 radical (unpaired) electrons. The Balaban J connectivity index is 1.93. The van der Waals surface area contributed by atoms with Crippen LogP contribution in [-0.4, -0.2) is 9.97 Å². The van der Waals surface area contributed by atoms with Crippen molar-refractivity contribution in [2.75, 3.05) is 5.73 Å². The number of fused-ring (bicyclic) bond motifs is 1. The van der Waals surface area contributed by atoms with E-state index in [-0.39, 0.29) is 5.95 Å². The molecular formula is C16H17N3OS. The average Bonchev–Trinajstić information content (AvgIpc) is 2.81. The number of hydrogen-bond acceptors (Lipinski definition) is 5. The zero-order valence-electron chi connectivity index (χ0n) is 12.1. The Morgan fingerprint density at radius 1 is 1.19 bits per heavy atom. The van der Waals surface area contributed by atoms with Gasteiger partial charge in [0.2, 0.25) is 11.8 Å². The van der Waals surface area contributed by atoms with E-state index in [0.29, 0.717) is 5.88 Å². The van der Waals surface area contributed by atoms with Crippen LogP contribution in [0.4, 0.5) is 5.95 Å². The third-order valence-corrected chi connectivity index (χ3v) is 4.12. The van der Waals surface area contributed by atoms with Crippen LogP contribution in [0.3, 0.4) is 0 Å². The molecule has 0 aliphatic heterocycles. The van der Waals surface area contributed by atoms with Gasteiger partial charge in [0.25, 0.3) is 0 Å². The number of hydrogen-bond donors (Lipinski definition) is 1. The van der Waals surface area contributed by atoms with Gasteiger partial charge in [-0.3, -0.25) is 0 Å². The molecule has 0 fully saturated rings. The molecule has 0 atom stereocenters. The van der Waals surface area contributed by atoms with Crippen LogP contribution < -0.4 is 10.5 Å². The fraction of sp³-hybridized carbons (Fsp3) is 0.250. The first-order chi connectivity index (χ1) is 10.2. The lowest BCUT2D eigenvalue weighted by Gasteiger charge is -2.07. The minimum absolute atomic E-state index is 0.238. The zero-order valence-corrected chi connectivity index (χ0v) is 12.9. The summed E-state index contributed by atoms with van der Waals surface area (Å²) in [6.45, 7) is 4.20. The van der Waals surface area contributed by atoms with Crippen LogP contribution in [0.5, 0.6) is 11.6 Å². The number of rotatable bonds is 4. The number of benzene rings is 1. The van der Waals surface area contributed by atoms with Crippen molar-refractivity contribution in [1.82, 2.24) is 9.97 Å². The number of anilines is 1. The molecule has 5 heteroatoms. The summed E-state index contributed by atoms with van der Waals surface area (Å²) in [6.07, 6.45) is 2.21. The van der Waals surface area contributed by atoms with Gasteiger partial charge in [-0.15, -0.1) is 11.3 Å². The Hall–Kier alpha value is -2.14. The summed E-state index contributed by atoms with van der Waals surface area (Å²) in [5, 5.41) is 0.907. The molecule has 0 bridgehead atoms. The monoisotopic (exact) mass is 299 g/mol. The van der Waals surface area contributed by atoms with E-state index in [4.69, 9.17) is 10.5 Å². The Morgan fingerprint density at radius 2 is 1.95 bits per heavy atom.